The molecule has 0 unspecified atom stereocenters. The van der Waals surface area contributed by atoms with Gasteiger partial charge in [0.25, 0.3) is 5.91 Å². The maximum Gasteiger partial charge on any atom is 0.256 e. The third-order valence-electron chi connectivity index (χ3n) is 4.05. The smallest absolute Gasteiger partial charge is 0.256 e. The van der Waals surface area contributed by atoms with E-state index in [1.807, 2.05) is 7.05 Å². The standard InChI is InChI=1S/C15H23N3O2S/c1-9(19)13-12(16)11(14(20)17-2)15(21-13)18(3)8-10-6-4-5-7-10/h10H,4-8,16H2,1-3H3,(H,17,20). The molecule has 0 saturated heterocycles. The minimum atomic E-state index is -0.232. The molecule has 21 heavy (non-hydrogen) atoms. The van der Waals surface area contributed by atoms with Gasteiger partial charge in [-0.3, -0.25) is 9.59 Å². The molecule has 1 aromatic heterocycles. The molecule has 6 heteroatoms. The third-order valence-corrected chi connectivity index (χ3v) is 5.47. The van der Waals surface area contributed by atoms with Crippen molar-refractivity contribution in [1.29, 1.82) is 0 Å². The van der Waals surface area contributed by atoms with E-state index in [0.29, 0.717) is 22.0 Å². The largest absolute Gasteiger partial charge is 0.397 e. The Bertz CT molecular complexity index is 547. The number of hydrogen-bond donors (Lipinski definition) is 2. The summed E-state index contributed by atoms with van der Waals surface area (Å²) in [7, 11) is 3.55. The van der Waals surface area contributed by atoms with Crippen LogP contribution in [0.5, 0.6) is 0 Å². The second-order valence-corrected chi connectivity index (χ2v) is 6.69. The van der Waals surface area contributed by atoms with E-state index in [2.05, 4.69) is 10.2 Å². The van der Waals surface area contributed by atoms with Crippen LogP contribution in [-0.4, -0.2) is 32.3 Å². The summed E-state index contributed by atoms with van der Waals surface area (Å²) in [5.41, 5.74) is 6.77. The first-order chi connectivity index (χ1) is 9.95. The summed E-state index contributed by atoms with van der Waals surface area (Å²) in [5.74, 6) is 0.337. The number of carbonyl (C=O) groups excluding carboxylic acids is 2. The second-order valence-electron chi connectivity index (χ2n) is 5.69. The molecule has 0 bridgehead atoms. The van der Waals surface area contributed by atoms with Crippen LogP contribution in [0.15, 0.2) is 0 Å². The summed E-state index contributed by atoms with van der Waals surface area (Å²) < 4.78 is 0. The number of thiophene rings is 1. The van der Waals surface area contributed by atoms with Gasteiger partial charge in [-0.15, -0.1) is 11.3 Å². The molecule has 1 fully saturated rings. The highest BCUT2D eigenvalue weighted by molar-refractivity contribution is 7.19. The van der Waals surface area contributed by atoms with E-state index in [0.717, 1.165) is 11.5 Å². The van der Waals surface area contributed by atoms with E-state index in [1.54, 1.807) is 7.05 Å². The summed E-state index contributed by atoms with van der Waals surface area (Å²) in [6.45, 7) is 2.39. The Morgan fingerprint density at radius 3 is 2.52 bits per heavy atom. The summed E-state index contributed by atoms with van der Waals surface area (Å²) in [6.07, 6.45) is 5.04. The van der Waals surface area contributed by atoms with Gasteiger partial charge in [-0.1, -0.05) is 12.8 Å². The fourth-order valence-electron chi connectivity index (χ4n) is 2.97. The molecule has 0 atom stereocenters. The fraction of sp³-hybridized carbons (Fsp3) is 0.600. The Morgan fingerprint density at radius 2 is 2.00 bits per heavy atom. The minimum Gasteiger partial charge on any atom is -0.397 e. The monoisotopic (exact) mass is 309 g/mol. The number of carbonyl (C=O) groups is 2. The van der Waals surface area contributed by atoms with Gasteiger partial charge in [0.15, 0.2) is 5.78 Å². The molecule has 0 aliphatic heterocycles. The Labute approximate surface area is 129 Å². The molecule has 1 aromatic rings. The topological polar surface area (TPSA) is 75.4 Å². The van der Waals surface area contributed by atoms with Gasteiger partial charge in [-0.05, 0) is 18.8 Å². The van der Waals surface area contributed by atoms with Crippen LogP contribution in [0.3, 0.4) is 0 Å². The number of nitrogens with one attached hydrogen (secondary N) is 1. The molecule has 116 valence electrons. The molecule has 2 rings (SSSR count). The van der Waals surface area contributed by atoms with Crippen LogP contribution in [0.4, 0.5) is 10.7 Å². The molecule has 1 aliphatic carbocycles. The molecule has 0 spiro atoms. The van der Waals surface area contributed by atoms with Crippen molar-refractivity contribution >= 4 is 33.7 Å². The number of nitrogens with zero attached hydrogens (tertiary/aromatic N) is 1. The first-order valence-electron chi connectivity index (χ1n) is 7.32. The lowest BCUT2D eigenvalue weighted by atomic mass is 10.1. The Balaban J connectivity index is 2.33. The van der Waals surface area contributed by atoms with E-state index in [9.17, 15) is 9.59 Å². The van der Waals surface area contributed by atoms with Crippen molar-refractivity contribution in [3.8, 4) is 0 Å². The predicted molar refractivity (Wildman–Crippen MR) is 87.4 cm³/mol. The summed E-state index contributed by atoms with van der Waals surface area (Å²) in [6, 6.07) is 0. The van der Waals surface area contributed by atoms with Crippen molar-refractivity contribution in [2.24, 2.45) is 5.92 Å². The minimum absolute atomic E-state index is 0.0943. The Kier molecular flexibility index (Phi) is 4.88. The molecular formula is C15H23N3O2S. The van der Waals surface area contributed by atoms with Crippen molar-refractivity contribution in [2.45, 2.75) is 32.6 Å². The summed E-state index contributed by atoms with van der Waals surface area (Å²) >= 11 is 1.32. The number of ketones is 1. The Hall–Kier alpha value is -1.56. The van der Waals surface area contributed by atoms with E-state index in [4.69, 9.17) is 5.73 Å². The molecule has 1 saturated carbocycles. The number of nitrogen functional groups attached to an aromatic ring is 1. The second kappa shape index (κ2) is 6.47. The van der Waals surface area contributed by atoms with Gasteiger partial charge in [-0.25, -0.2) is 0 Å². The summed E-state index contributed by atoms with van der Waals surface area (Å²) in [4.78, 5) is 26.4. The van der Waals surface area contributed by atoms with Crippen molar-refractivity contribution in [3.63, 3.8) is 0 Å². The molecule has 1 heterocycles. The van der Waals surface area contributed by atoms with Crippen LogP contribution in [0, 0.1) is 5.92 Å². The van der Waals surface area contributed by atoms with Gasteiger partial charge in [0, 0.05) is 27.6 Å². The van der Waals surface area contributed by atoms with Gasteiger partial charge in [-0.2, -0.15) is 0 Å². The van der Waals surface area contributed by atoms with E-state index < -0.39 is 0 Å². The average molecular weight is 309 g/mol. The normalized spacial score (nSPS) is 15.2. The molecule has 0 aromatic carbocycles. The van der Waals surface area contributed by atoms with Gasteiger partial charge in [0.05, 0.1) is 16.1 Å². The number of Topliss-reactive ketones (excluding diaryl/α,β-unsaturated/α-hetero) is 1. The van der Waals surface area contributed by atoms with E-state index in [1.165, 1.54) is 43.9 Å². The van der Waals surface area contributed by atoms with Gasteiger partial charge in [0.1, 0.15) is 5.00 Å². The van der Waals surface area contributed by atoms with Gasteiger partial charge >= 0.3 is 0 Å². The summed E-state index contributed by atoms with van der Waals surface area (Å²) in [5, 5.41) is 3.41. The lowest BCUT2D eigenvalue weighted by Crippen LogP contribution is -2.27. The number of hydrogen-bond acceptors (Lipinski definition) is 5. The predicted octanol–water partition coefficient (Wildman–Crippen LogP) is 2.52. The highest BCUT2D eigenvalue weighted by atomic mass is 32.1. The Morgan fingerprint density at radius 1 is 1.38 bits per heavy atom. The number of nitrogens with two attached hydrogens (primary N) is 1. The van der Waals surface area contributed by atoms with Crippen LogP contribution in [0.1, 0.15) is 52.6 Å². The van der Waals surface area contributed by atoms with Crippen molar-refractivity contribution in [3.05, 3.63) is 10.4 Å². The van der Waals surface area contributed by atoms with Crippen LogP contribution < -0.4 is 16.0 Å². The van der Waals surface area contributed by atoms with Gasteiger partial charge in [0.2, 0.25) is 0 Å². The van der Waals surface area contributed by atoms with Gasteiger partial charge < -0.3 is 16.0 Å². The lowest BCUT2D eigenvalue weighted by Gasteiger charge is -2.22. The molecule has 3 N–H and O–H groups in total. The maximum atomic E-state index is 12.1. The number of rotatable bonds is 5. The zero-order valence-corrected chi connectivity index (χ0v) is 13.7. The lowest BCUT2D eigenvalue weighted by molar-refractivity contribution is 0.0964. The highest BCUT2D eigenvalue weighted by Crippen LogP contribution is 2.39. The quantitative estimate of drug-likeness (QED) is 0.820. The molecular weight excluding hydrogens is 286 g/mol. The van der Waals surface area contributed by atoms with E-state index in [-0.39, 0.29) is 11.7 Å². The first kappa shape index (κ1) is 15.8. The molecule has 5 nitrogen and oxygen atoms in total. The number of anilines is 2. The third kappa shape index (κ3) is 3.20. The first-order valence-corrected chi connectivity index (χ1v) is 8.13. The molecule has 0 radical (unpaired) electrons. The zero-order chi connectivity index (χ0) is 15.6. The van der Waals surface area contributed by atoms with Crippen molar-refractivity contribution in [2.75, 3.05) is 31.3 Å². The fourth-order valence-corrected chi connectivity index (χ4v) is 4.05. The van der Waals surface area contributed by atoms with Crippen molar-refractivity contribution in [1.82, 2.24) is 5.32 Å². The maximum absolute atomic E-state index is 12.1. The molecule has 1 amide bonds. The zero-order valence-electron chi connectivity index (χ0n) is 12.9. The van der Waals surface area contributed by atoms with Crippen molar-refractivity contribution < 1.29 is 9.59 Å². The highest BCUT2D eigenvalue weighted by Gasteiger charge is 2.27. The van der Waals surface area contributed by atoms with E-state index >= 15 is 0 Å². The van der Waals surface area contributed by atoms with Crippen LogP contribution in [0.25, 0.3) is 0 Å². The molecule has 1 aliphatic rings. The number of amides is 1. The SMILES string of the molecule is CNC(=O)c1c(N(C)CC2CCCC2)sc(C(C)=O)c1N. The van der Waals surface area contributed by atoms with Crippen LogP contribution in [-0.2, 0) is 0 Å². The van der Waals surface area contributed by atoms with Crippen LogP contribution in [0.2, 0.25) is 0 Å². The average Bonchev–Trinajstić information content (AvgIpc) is 3.05. The van der Waals surface area contributed by atoms with Crippen LogP contribution >= 0.6 is 11.3 Å².